The molecule has 1 aliphatic carbocycles. The molecule has 1 amide bonds. The maximum atomic E-state index is 11.8. The molecule has 4 unspecified atom stereocenters. The molecule has 1 heterocycles. The molecule has 5 heteroatoms. The number of carbonyl (C=O) groups is 1. The zero-order chi connectivity index (χ0) is 12.3. The smallest absolute Gasteiger partial charge is 0.249 e. The van der Waals surface area contributed by atoms with E-state index in [1.165, 1.54) is 0 Å². The first-order chi connectivity index (χ1) is 8.20. The summed E-state index contributed by atoms with van der Waals surface area (Å²) < 4.78 is 5.51. The van der Waals surface area contributed by atoms with Gasteiger partial charge in [-0.05, 0) is 25.7 Å². The van der Waals surface area contributed by atoms with Crippen molar-refractivity contribution in [3.8, 4) is 0 Å². The quantitative estimate of drug-likeness (QED) is 0.636. The third kappa shape index (κ3) is 3.18. The van der Waals surface area contributed by atoms with Crippen LogP contribution in [0.3, 0.4) is 0 Å². The Labute approximate surface area is 102 Å². The van der Waals surface area contributed by atoms with Gasteiger partial charge in [-0.15, -0.1) is 0 Å². The lowest BCUT2D eigenvalue weighted by molar-refractivity contribution is -0.132. The summed E-state index contributed by atoms with van der Waals surface area (Å²) in [6, 6.07) is 0. The topological polar surface area (TPSA) is 84.6 Å². The number of aliphatic hydroxyl groups excluding tert-OH is 1. The third-order valence-corrected chi connectivity index (χ3v) is 3.82. The van der Waals surface area contributed by atoms with Gasteiger partial charge in [-0.2, -0.15) is 0 Å². The Morgan fingerprint density at radius 2 is 2.18 bits per heavy atom. The summed E-state index contributed by atoms with van der Waals surface area (Å²) in [5.41, 5.74) is 5.50. The van der Waals surface area contributed by atoms with Crippen LogP contribution in [0.25, 0.3) is 0 Å². The van der Waals surface area contributed by atoms with Crippen molar-refractivity contribution >= 4 is 5.91 Å². The molecule has 2 aliphatic rings. The minimum absolute atomic E-state index is 0.0304. The molecule has 4 N–H and O–H groups in total. The van der Waals surface area contributed by atoms with Gasteiger partial charge in [-0.25, -0.2) is 0 Å². The molecule has 0 aromatic rings. The van der Waals surface area contributed by atoms with Crippen LogP contribution < -0.4 is 11.1 Å². The van der Waals surface area contributed by atoms with Gasteiger partial charge in [0.25, 0.3) is 0 Å². The molecule has 1 saturated carbocycles. The van der Waals surface area contributed by atoms with Gasteiger partial charge in [0.1, 0.15) is 6.10 Å². The first-order valence-electron chi connectivity index (χ1n) is 6.52. The zero-order valence-electron chi connectivity index (χ0n) is 10.1. The van der Waals surface area contributed by atoms with Crippen LogP contribution in [0.15, 0.2) is 0 Å². The molecule has 17 heavy (non-hydrogen) atoms. The van der Waals surface area contributed by atoms with Crippen molar-refractivity contribution in [2.75, 3.05) is 13.1 Å². The van der Waals surface area contributed by atoms with Crippen LogP contribution in [-0.4, -0.2) is 42.4 Å². The number of rotatable bonds is 4. The third-order valence-electron chi connectivity index (χ3n) is 3.82. The van der Waals surface area contributed by atoms with Crippen LogP contribution in [0.1, 0.15) is 32.1 Å². The van der Waals surface area contributed by atoms with Crippen molar-refractivity contribution in [2.24, 2.45) is 11.7 Å². The predicted octanol–water partition coefficient (Wildman–Crippen LogP) is -0.230. The monoisotopic (exact) mass is 242 g/mol. The number of nitrogens with two attached hydrogens (primary N) is 1. The van der Waals surface area contributed by atoms with Crippen LogP contribution in [0, 0.1) is 5.92 Å². The first-order valence-corrected chi connectivity index (χ1v) is 6.52. The highest BCUT2D eigenvalue weighted by Crippen LogP contribution is 2.25. The Morgan fingerprint density at radius 1 is 1.35 bits per heavy atom. The minimum Gasteiger partial charge on any atom is -0.393 e. The van der Waals surface area contributed by atoms with Crippen LogP contribution in [0.5, 0.6) is 0 Å². The second-order valence-corrected chi connectivity index (χ2v) is 5.06. The Bertz CT molecular complexity index is 272. The summed E-state index contributed by atoms with van der Waals surface area (Å²) in [5, 5.41) is 12.5. The van der Waals surface area contributed by atoms with Gasteiger partial charge < -0.3 is 20.9 Å². The van der Waals surface area contributed by atoms with Gasteiger partial charge in [0.05, 0.1) is 12.2 Å². The van der Waals surface area contributed by atoms with Crippen molar-refractivity contribution in [1.82, 2.24) is 5.32 Å². The van der Waals surface area contributed by atoms with E-state index in [0.29, 0.717) is 13.1 Å². The van der Waals surface area contributed by atoms with Crippen LogP contribution in [0.2, 0.25) is 0 Å². The molecule has 0 aromatic heterocycles. The predicted molar refractivity (Wildman–Crippen MR) is 63.3 cm³/mol. The molecule has 0 aromatic carbocycles. The Kier molecular flexibility index (Phi) is 4.36. The van der Waals surface area contributed by atoms with Crippen molar-refractivity contribution in [3.63, 3.8) is 0 Å². The summed E-state index contributed by atoms with van der Waals surface area (Å²) >= 11 is 0. The molecule has 2 fully saturated rings. The van der Waals surface area contributed by atoms with E-state index in [-0.39, 0.29) is 30.1 Å². The van der Waals surface area contributed by atoms with Gasteiger partial charge in [-0.3, -0.25) is 4.79 Å². The second kappa shape index (κ2) is 5.80. The van der Waals surface area contributed by atoms with Crippen molar-refractivity contribution in [1.29, 1.82) is 0 Å². The van der Waals surface area contributed by atoms with Crippen molar-refractivity contribution < 1.29 is 14.6 Å². The number of amides is 1. The van der Waals surface area contributed by atoms with Gasteiger partial charge in [0.2, 0.25) is 5.91 Å². The Hall–Kier alpha value is -0.650. The van der Waals surface area contributed by atoms with E-state index in [1.54, 1.807) is 0 Å². The number of hydrogen-bond acceptors (Lipinski definition) is 4. The van der Waals surface area contributed by atoms with Crippen LogP contribution >= 0.6 is 0 Å². The molecule has 0 spiro atoms. The zero-order valence-corrected chi connectivity index (χ0v) is 10.1. The van der Waals surface area contributed by atoms with E-state index in [1.807, 2.05) is 0 Å². The van der Waals surface area contributed by atoms with Gasteiger partial charge in [-0.1, -0.05) is 6.42 Å². The lowest BCUT2D eigenvalue weighted by atomic mass is 10.1. The number of aliphatic hydroxyl groups is 1. The average Bonchev–Trinajstić information content (AvgIpc) is 2.94. The summed E-state index contributed by atoms with van der Waals surface area (Å²) in [7, 11) is 0. The molecule has 0 radical (unpaired) electrons. The van der Waals surface area contributed by atoms with E-state index in [0.717, 1.165) is 32.1 Å². The second-order valence-electron chi connectivity index (χ2n) is 5.06. The molecular weight excluding hydrogens is 220 g/mol. The minimum atomic E-state index is -0.345. The summed E-state index contributed by atoms with van der Waals surface area (Å²) in [5.74, 6) is 0.158. The van der Waals surface area contributed by atoms with Gasteiger partial charge in [0, 0.05) is 19.0 Å². The molecular formula is C12H22N2O3. The molecule has 1 aliphatic heterocycles. The molecule has 4 atom stereocenters. The fourth-order valence-corrected chi connectivity index (χ4v) is 2.67. The van der Waals surface area contributed by atoms with Crippen LogP contribution in [-0.2, 0) is 9.53 Å². The lowest BCUT2D eigenvalue weighted by Crippen LogP contribution is -2.39. The summed E-state index contributed by atoms with van der Waals surface area (Å²) in [6.07, 6.45) is 3.95. The normalized spacial score (nSPS) is 37.3. The highest BCUT2D eigenvalue weighted by atomic mass is 16.5. The van der Waals surface area contributed by atoms with E-state index < -0.39 is 0 Å². The highest BCUT2D eigenvalue weighted by Gasteiger charge is 2.31. The number of carbonyl (C=O) groups excluding carboxylic acids is 1. The molecule has 98 valence electrons. The van der Waals surface area contributed by atoms with E-state index in [2.05, 4.69) is 5.32 Å². The Balaban J connectivity index is 1.70. The Morgan fingerprint density at radius 3 is 2.76 bits per heavy atom. The molecule has 0 bridgehead atoms. The fraction of sp³-hybridized carbons (Fsp3) is 0.917. The first kappa shape index (κ1) is 12.8. The molecule has 2 rings (SSSR count). The standard InChI is InChI=1S/C12H22N2O3/c13-6-9-4-5-11(17-9)12(16)14-7-8-2-1-3-10(8)15/h8-11,15H,1-7,13H2,(H,14,16). The van der Waals surface area contributed by atoms with E-state index in [4.69, 9.17) is 10.5 Å². The van der Waals surface area contributed by atoms with Crippen LogP contribution in [0.4, 0.5) is 0 Å². The molecule has 5 nitrogen and oxygen atoms in total. The maximum Gasteiger partial charge on any atom is 0.249 e. The molecule has 1 saturated heterocycles. The van der Waals surface area contributed by atoms with Crippen molar-refractivity contribution in [2.45, 2.75) is 50.4 Å². The lowest BCUT2D eigenvalue weighted by Gasteiger charge is -2.17. The summed E-state index contributed by atoms with van der Waals surface area (Å²) in [6.45, 7) is 1.04. The van der Waals surface area contributed by atoms with E-state index >= 15 is 0 Å². The van der Waals surface area contributed by atoms with Gasteiger partial charge >= 0.3 is 0 Å². The van der Waals surface area contributed by atoms with Crippen molar-refractivity contribution in [3.05, 3.63) is 0 Å². The highest BCUT2D eigenvalue weighted by molar-refractivity contribution is 5.81. The fourth-order valence-electron chi connectivity index (χ4n) is 2.67. The number of hydrogen-bond donors (Lipinski definition) is 3. The average molecular weight is 242 g/mol. The number of nitrogens with one attached hydrogen (secondary N) is 1. The largest absolute Gasteiger partial charge is 0.393 e. The SMILES string of the molecule is NCC1CCC(C(=O)NCC2CCCC2O)O1. The maximum absolute atomic E-state index is 11.8. The van der Waals surface area contributed by atoms with E-state index in [9.17, 15) is 9.90 Å². The summed E-state index contributed by atoms with van der Waals surface area (Å²) in [4.78, 5) is 11.8. The van der Waals surface area contributed by atoms with Gasteiger partial charge in [0.15, 0.2) is 0 Å². The number of ether oxygens (including phenoxy) is 1.